The molecule has 0 fully saturated rings. The van der Waals surface area contributed by atoms with E-state index in [1.165, 1.54) is 6.07 Å². The Hall–Kier alpha value is -3.48. The number of hydrogen-bond acceptors (Lipinski definition) is 5. The van der Waals surface area contributed by atoms with Gasteiger partial charge >= 0.3 is 0 Å². The smallest absolute Gasteiger partial charge is 0.262 e. The molecule has 0 saturated carbocycles. The van der Waals surface area contributed by atoms with Crippen molar-refractivity contribution in [1.29, 1.82) is 0 Å². The SMILES string of the molecule is CCOc1ccccc1NC(=O)COc1c(-c2ccc(Cl)cc2)oc2ccc(Cl)cc2c1=O. The summed E-state index contributed by atoms with van der Waals surface area (Å²) in [5.41, 5.74) is 0.983. The number of para-hydroxylation sites is 2. The standard InChI is InChI=1S/C25H19Cl2NO5/c1-2-31-21-6-4-3-5-19(21)28-22(29)14-32-25-23(30)18-13-17(27)11-12-20(18)33-24(25)15-7-9-16(26)10-8-15/h3-13H,2,14H2,1H3,(H,28,29). The number of amides is 1. The van der Waals surface area contributed by atoms with Crippen molar-refractivity contribution in [3.05, 3.63) is 87.0 Å². The molecule has 1 N–H and O–H groups in total. The van der Waals surface area contributed by atoms with Crippen LogP contribution in [0.2, 0.25) is 10.0 Å². The lowest BCUT2D eigenvalue weighted by molar-refractivity contribution is -0.118. The molecule has 0 bridgehead atoms. The molecule has 4 rings (SSSR count). The predicted molar refractivity (Wildman–Crippen MR) is 130 cm³/mol. The first-order valence-electron chi connectivity index (χ1n) is 10.1. The number of halogens is 2. The largest absolute Gasteiger partial charge is 0.492 e. The third kappa shape index (κ3) is 5.13. The zero-order valence-corrected chi connectivity index (χ0v) is 19.1. The Morgan fingerprint density at radius 1 is 0.970 bits per heavy atom. The number of fused-ring (bicyclic) bond motifs is 1. The number of anilines is 1. The van der Waals surface area contributed by atoms with E-state index in [0.717, 1.165) is 0 Å². The molecule has 1 aromatic heterocycles. The minimum absolute atomic E-state index is 0.0969. The van der Waals surface area contributed by atoms with Crippen LogP contribution in [0.5, 0.6) is 11.5 Å². The van der Waals surface area contributed by atoms with E-state index in [2.05, 4.69) is 5.32 Å². The summed E-state index contributed by atoms with van der Waals surface area (Å²) in [7, 11) is 0. The van der Waals surface area contributed by atoms with Gasteiger partial charge in [0.05, 0.1) is 17.7 Å². The van der Waals surface area contributed by atoms with Crippen molar-refractivity contribution >= 4 is 45.8 Å². The molecule has 8 heteroatoms. The average molecular weight is 484 g/mol. The average Bonchev–Trinajstić information content (AvgIpc) is 2.81. The highest BCUT2D eigenvalue weighted by molar-refractivity contribution is 6.31. The Bertz CT molecular complexity index is 1370. The molecule has 1 heterocycles. The first-order chi connectivity index (χ1) is 16.0. The molecular formula is C25H19Cl2NO5. The maximum atomic E-state index is 13.2. The molecule has 0 aliphatic carbocycles. The molecule has 33 heavy (non-hydrogen) atoms. The van der Waals surface area contributed by atoms with E-state index in [1.807, 2.05) is 6.92 Å². The number of rotatable bonds is 7. The predicted octanol–water partition coefficient (Wildman–Crippen LogP) is 6.18. The van der Waals surface area contributed by atoms with Gasteiger partial charge in [-0.25, -0.2) is 0 Å². The van der Waals surface area contributed by atoms with Gasteiger partial charge in [0.1, 0.15) is 11.3 Å². The summed E-state index contributed by atoms with van der Waals surface area (Å²) >= 11 is 12.1. The third-order valence-corrected chi connectivity index (χ3v) is 5.21. The lowest BCUT2D eigenvalue weighted by Crippen LogP contribution is -2.23. The first-order valence-corrected chi connectivity index (χ1v) is 10.9. The molecular weight excluding hydrogens is 465 g/mol. The van der Waals surface area contributed by atoms with Crippen LogP contribution in [0, 0.1) is 0 Å². The van der Waals surface area contributed by atoms with Crippen molar-refractivity contribution in [2.24, 2.45) is 0 Å². The van der Waals surface area contributed by atoms with Crippen LogP contribution < -0.4 is 20.2 Å². The van der Waals surface area contributed by atoms with Gasteiger partial charge in [0.2, 0.25) is 11.2 Å². The normalized spacial score (nSPS) is 10.8. The van der Waals surface area contributed by atoms with Crippen LogP contribution >= 0.6 is 23.2 Å². The first kappa shape index (κ1) is 22.7. The highest BCUT2D eigenvalue weighted by Gasteiger charge is 2.19. The molecule has 0 aliphatic heterocycles. The monoisotopic (exact) mass is 483 g/mol. The van der Waals surface area contributed by atoms with Crippen molar-refractivity contribution in [3.63, 3.8) is 0 Å². The number of carbonyl (C=O) groups is 1. The maximum absolute atomic E-state index is 13.2. The lowest BCUT2D eigenvalue weighted by Gasteiger charge is -2.13. The van der Waals surface area contributed by atoms with Gasteiger partial charge in [-0.2, -0.15) is 0 Å². The topological polar surface area (TPSA) is 77.8 Å². The van der Waals surface area contributed by atoms with E-state index < -0.39 is 17.9 Å². The fourth-order valence-corrected chi connectivity index (χ4v) is 3.55. The highest BCUT2D eigenvalue weighted by atomic mass is 35.5. The van der Waals surface area contributed by atoms with Crippen LogP contribution in [0.3, 0.4) is 0 Å². The summed E-state index contributed by atoms with van der Waals surface area (Å²) in [6.07, 6.45) is 0. The van der Waals surface area contributed by atoms with E-state index in [0.29, 0.717) is 39.2 Å². The van der Waals surface area contributed by atoms with E-state index in [1.54, 1.807) is 60.7 Å². The van der Waals surface area contributed by atoms with E-state index in [-0.39, 0.29) is 16.9 Å². The quantitative estimate of drug-likeness (QED) is 0.339. The zero-order valence-electron chi connectivity index (χ0n) is 17.6. The molecule has 0 aliphatic rings. The Morgan fingerprint density at radius 2 is 1.70 bits per heavy atom. The number of ether oxygens (including phenoxy) is 2. The van der Waals surface area contributed by atoms with Crippen molar-refractivity contribution in [2.75, 3.05) is 18.5 Å². The van der Waals surface area contributed by atoms with E-state index >= 15 is 0 Å². The second-order valence-corrected chi connectivity index (χ2v) is 7.88. The second kappa shape index (κ2) is 9.98. The van der Waals surface area contributed by atoms with E-state index in [4.69, 9.17) is 37.1 Å². The van der Waals surface area contributed by atoms with Gasteiger partial charge in [-0.3, -0.25) is 9.59 Å². The van der Waals surface area contributed by atoms with Crippen LogP contribution in [-0.4, -0.2) is 19.1 Å². The van der Waals surface area contributed by atoms with Crippen LogP contribution in [0.25, 0.3) is 22.3 Å². The van der Waals surface area contributed by atoms with Gasteiger partial charge in [0.25, 0.3) is 5.91 Å². The molecule has 6 nitrogen and oxygen atoms in total. The van der Waals surface area contributed by atoms with E-state index in [9.17, 15) is 9.59 Å². The van der Waals surface area contributed by atoms with Crippen molar-refractivity contribution in [2.45, 2.75) is 6.92 Å². The van der Waals surface area contributed by atoms with Crippen LogP contribution in [0.15, 0.2) is 75.9 Å². The van der Waals surface area contributed by atoms with Crippen molar-refractivity contribution in [3.8, 4) is 22.8 Å². The summed E-state index contributed by atoms with van der Waals surface area (Å²) < 4.78 is 17.2. The number of benzene rings is 3. The van der Waals surface area contributed by atoms with Gasteiger partial charge < -0.3 is 19.2 Å². The summed E-state index contributed by atoms with van der Waals surface area (Å²) in [5.74, 6) is 0.166. The molecule has 0 radical (unpaired) electrons. The Labute approximate surface area is 199 Å². The molecule has 168 valence electrons. The van der Waals surface area contributed by atoms with Gasteiger partial charge in [-0.05, 0) is 61.5 Å². The van der Waals surface area contributed by atoms with Crippen molar-refractivity contribution < 1.29 is 18.7 Å². The lowest BCUT2D eigenvalue weighted by atomic mass is 10.1. The fraction of sp³-hybridized carbons (Fsp3) is 0.120. The van der Waals surface area contributed by atoms with Crippen LogP contribution in [0.4, 0.5) is 5.69 Å². The molecule has 4 aromatic rings. The molecule has 0 unspecified atom stereocenters. The molecule has 1 amide bonds. The third-order valence-electron chi connectivity index (χ3n) is 4.73. The summed E-state index contributed by atoms with van der Waals surface area (Å²) in [5, 5.41) is 3.90. The second-order valence-electron chi connectivity index (χ2n) is 7.00. The number of carbonyl (C=O) groups excluding carboxylic acids is 1. The van der Waals surface area contributed by atoms with Crippen molar-refractivity contribution in [1.82, 2.24) is 0 Å². The molecule has 0 atom stereocenters. The van der Waals surface area contributed by atoms with Gasteiger partial charge in [-0.15, -0.1) is 0 Å². The zero-order chi connectivity index (χ0) is 23.4. The fourth-order valence-electron chi connectivity index (χ4n) is 3.25. The maximum Gasteiger partial charge on any atom is 0.262 e. The molecule has 0 spiro atoms. The molecule has 3 aromatic carbocycles. The van der Waals surface area contributed by atoms with Gasteiger partial charge in [-0.1, -0.05) is 35.3 Å². The summed E-state index contributed by atoms with van der Waals surface area (Å²) in [6.45, 7) is 1.89. The Morgan fingerprint density at radius 3 is 2.45 bits per heavy atom. The van der Waals surface area contributed by atoms with Crippen LogP contribution in [0.1, 0.15) is 6.92 Å². The summed E-state index contributed by atoms with van der Waals surface area (Å²) in [6, 6.07) is 18.5. The highest BCUT2D eigenvalue weighted by Crippen LogP contribution is 2.32. The number of nitrogens with one attached hydrogen (secondary N) is 1. The Balaban J connectivity index is 1.67. The Kier molecular flexibility index (Phi) is 6.87. The molecule has 0 saturated heterocycles. The minimum Gasteiger partial charge on any atom is -0.492 e. The van der Waals surface area contributed by atoms with Gasteiger partial charge in [0, 0.05) is 15.6 Å². The van der Waals surface area contributed by atoms with Crippen LogP contribution in [-0.2, 0) is 4.79 Å². The summed E-state index contributed by atoms with van der Waals surface area (Å²) in [4.78, 5) is 25.8. The number of hydrogen-bond donors (Lipinski definition) is 1. The minimum atomic E-state index is -0.463. The van der Waals surface area contributed by atoms with Gasteiger partial charge in [0.15, 0.2) is 12.4 Å².